The number of rotatable bonds is 2. The number of esters is 1. The van der Waals surface area contributed by atoms with Crippen molar-refractivity contribution in [2.75, 3.05) is 6.61 Å². The highest BCUT2D eigenvalue weighted by Crippen LogP contribution is 2.38. The standard InChI is InChI=1S/C13H8BrClF3NO2/c1-2-21-12(20)8-5-19-11-7(10(8)15)3-6(14)4-9(11)13(16,17)18/h3-5H,2H2,1H3. The number of aromatic nitrogens is 1. The minimum absolute atomic E-state index is 0.0314. The van der Waals surface area contributed by atoms with Gasteiger partial charge in [0.05, 0.1) is 28.3 Å². The minimum Gasteiger partial charge on any atom is -0.462 e. The van der Waals surface area contributed by atoms with Crippen LogP contribution in [0.3, 0.4) is 0 Å². The third kappa shape index (κ3) is 3.13. The van der Waals surface area contributed by atoms with Crippen LogP contribution in [0.4, 0.5) is 13.2 Å². The van der Waals surface area contributed by atoms with Gasteiger partial charge in [-0.15, -0.1) is 0 Å². The number of hydrogen-bond donors (Lipinski definition) is 0. The Balaban J connectivity index is 2.75. The lowest BCUT2D eigenvalue weighted by Crippen LogP contribution is -2.09. The molecule has 0 atom stereocenters. The average molecular weight is 383 g/mol. The van der Waals surface area contributed by atoms with Crippen LogP contribution >= 0.6 is 27.5 Å². The number of carbonyl (C=O) groups is 1. The molecule has 0 fully saturated rings. The van der Waals surface area contributed by atoms with Crippen LogP contribution < -0.4 is 0 Å². The molecular weight excluding hydrogens is 374 g/mol. The van der Waals surface area contributed by atoms with Gasteiger partial charge >= 0.3 is 12.1 Å². The lowest BCUT2D eigenvalue weighted by atomic mass is 10.1. The lowest BCUT2D eigenvalue weighted by Gasteiger charge is -2.13. The highest BCUT2D eigenvalue weighted by Gasteiger charge is 2.34. The Morgan fingerprint density at radius 2 is 2.10 bits per heavy atom. The quantitative estimate of drug-likeness (QED) is 0.697. The molecule has 0 saturated carbocycles. The number of hydrogen-bond acceptors (Lipinski definition) is 3. The first-order valence-electron chi connectivity index (χ1n) is 5.77. The maximum atomic E-state index is 13.0. The summed E-state index contributed by atoms with van der Waals surface area (Å²) in [6.45, 7) is 1.73. The topological polar surface area (TPSA) is 39.2 Å². The molecule has 0 spiro atoms. The smallest absolute Gasteiger partial charge is 0.418 e. The van der Waals surface area contributed by atoms with Gasteiger partial charge in [-0.2, -0.15) is 13.2 Å². The number of nitrogens with zero attached hydrogens (tertiary/aromatic N) is 1. The fourth-order valence-corrected chi connectivity index (χ4v) is 2.53. The molecule has 0 aliphatic rings. The van der Waals surface area contributed by atoms with Crippen molar-refractivity contribution in [2.45, 2.75) is 13.1 Å². The normalized spacial score (nSPS) is 11.7. The SMILES string of the molecule is CCOC(=O)c1cnc2c(C(F)(F)F)cc(Br)cc2c1Cl. The third-order valence-electron chi connectivity index (χ3n) is 2.67. The summed E-state index contributed by atoms with van der Waals surface area (Å²) in [5, 5.41) is -0.0887. The van der Waals surface area contributed by atoms with Crippen LogP contribution in [-0.4, -0.2) is 17.6 Å². The minimum atomic E-state index is -4.58. The van der Waals surface area contributed by atoms with E-state index in [2.05, 4.69) is 20.9 Å². The summed E-state index contributed by atoms with van der Waals surface area (Å²) < 4.78 is 44.0. The van der Waals surface area contributed by atoms with Crippen molar-refractivity contribution in [3.8, 4) is 0 Å². The Labute approximate surface area is 131 Å². The summed E-state index contributed by atoms with van der Waals surface area (Å²) in [4.78, 5) is 15.4. The first-order valence-corrected chi connectivity index (χ1v) is 6.95. The summed E-state index contributed by atoms with van der Waals surface area (Å²) in [6, 6.07) is 2.29. The van der Waals surface area contributed by atoms with Gasteiger partial charge in [0.25, 0.3) is 0 Å². The van der Waals surface area contributed by atoms with Crippen molar-refractivity contribution in [3.63, 3.8) is 0 Å². The molecule has 8 heteroatoms. The zero-order valence-corrected chi connectivity index (χ0v) is 12.9. The van der Waals surface area contributed by atoms with Gasteiger partial charge < -0.3 is 4.74 Å². The number of benzene rings is 1. The van der Waals surface area contributed by atoms with Crippen LogP contribution in [0.15, 0.2) is 22.8 Å². The molecule has 0 amide bonds. The predicted octanol–water partition coefficient (Wildman–Crippen LogP) is 4.85. The molecular formula is C13H8BrClF3NO2. The second-order valence-corrected chi connectivity index (χ2v) is 5.35. The molecule has 21 heavy (non-hydrogen) atoms. The van der Waals surface area contributed by atoms with E-state index in [1.165, 1.54) is 6.07 Å². The Bertz CT molecular complexity index is 719. The summed E-state index contributed by atoms with van der Waals surface area (Å²) >= 11 is 9.04. The molecule has 0 aliphatic carbocycles. The number of fused-ring (bicyclic) bond motifs is 1. The zero-order valence-electron chi connectivity index (χ0n) is 10.6. The second kappa shape index (κ2) is 5.81. The molecule has 1 aromatic heterocycles. The van der Waals surface area contributed by atoms with E-state index in [0.717, 1.165) is 12.3 Å². The number of pyridine rings is 1. The molecule has 1 heterocycles. The van der Waals surface area contributed by atoms with E-state index in [0.29, 0.717) is 0 Å². The number of alkyl halides is 3. The Morgan fingerprint density at radius 3 is 2.67 bits per heavy atom. The Hall–Kier alpha value is -1.34. The highest BCUT2D eigenvalue weighted by molar-refractivity contribution is 9.10. The van der Waals surface area contributed by atoms with Gasteiger partial charge in [-0.1, -0.05) is 27.5 Å². The highest BCUT2D eigenvalue weighted by atomic mass is 79.9. The molecule has 0 bridgehead atoms. The lowest BCUT2D eigenvalue weighted by molar-refractivity contribution is -0.136. The summed E-state index contributed by atoms with van der Waals surface area (Å²) in [5.41, 5.74) is -1.31. The van der Waals surface area contributed by atoms with Crippen molar-refractivity contribution in [3.05, 3.63) is 39.0 Å². The summed E-state index contributed by atoms with van der Waals surface area (Å²) in [7, 11) is 0. The van der Waals surface area contributed by atoms with Crippen LogP contribution in [0.2, 0.25) is 5.02 Å². The van der Waals surface area contributed by atoms with Crippen LogP contribution in [0.1, 0.15) is 22.8 Å². The van der Waals surface area contributed by atoms with Gasteiger partial charge in [0, 0.05) is 16.1 Å². The molecule has 1 aromatic carbocycles. The Kier molecular flexibility index (Phi) is 4.43. The number of carbonyl (C=O) groups excluding carboxylic acids is 1. The average Bonchev–Trinajstić information content (AvgIpc) is 2.38. The monoisotopic (exact) mass is 381 g/mol. The van der Waals surface area contributed by atoms with E-state index in [1.54, 1.807) is 6.92 Å². The molecule has 112 valence electrons. The molecule has 3 nitrogen and oxygen atoms in total. The van der Waals surface area contributed by atoms with Gasteiger partial charge in [0.1, 0.15) is 0 Å². The van der Waals surface area contributed by atoms with Gasteiger partial charge in [0.2, 0.25) is 0 Å². The maximum Gasteiger partial charge on any atom is 0.418 e. The largest absolute Gasteiger partial charge is 0.462 e. The maximum absolute atomic E-state index is 13.0. The molecule has 0 radical (unpaired) electrons. The van der Waals surface area contributed by atoms with E-state index in [4.69, 9.17) is 16.3 Å². The number of halogens is 5. The summed E-state index contributed by atoms with van der Waals surface area (Å²) in [5.74, 6) is -0.731. The van der Waals surface area contributed by atoms with Crippen molar-refractivity contribution in [2.24, 2.45) is 0 Å². The van der Waals surface area contributed by atoms with E-state index < -0.39 is 17.7 Å². The predicted molar refractivity (Wildman–Crippen MR) is 75.4 cm³/mol. The van der Waals surface area contributed by atoms with E-state index >= 15 is 0 Å². The van der Waals surface area contributed by atoms with Crippen LogP contribution in [0.5, 0.6) is 0 Å². The molecule has 0 aliphatic heterocycles. The van der Waals surface area contributed by atoms with Crippen molar-refractivity contribution in [1.29, 1.82) is 0 Å². The molecule has 2 rings (SSSR count). The van der Waals surface area contributed by atoms with Gasteiger partial charge in [-0.3, -0.25) is 4.98 Å². The van der Waals surface area contributed by atoms with E-state index in [1.807, 2.05) is 0 Å². The molecule has 0 N–H and O–H groups in total. The Morgan fingerprint density at radius 1 is 1.43 bits per heavy atom. The first-order chi connectivity index (χ1) is 9.75. The zero-order chi connectivity index (χ0) is 15.8. The van der Waals surface area contributed by atoms with Crippen molar-refractivity contribution >= 4 is 44.4 Å². The van der Waals surface area contributed by atoms with Crippen molar-refractivity contribution in [1.82, 2.24) is 4.98 Å². The molecule has 0 unspecified atom stereocenters. The van der Waals surface area contributed by atoms with Crippen LogP contribution in [0.25, 0.3) is 10.9 Å². The van der Waals surface area contributed by atoms with E-state index in [9.17, 15) is 18.0 Å². The second-order valence-electron chi connectivity index (χ2n) is 4.05. The van der Waals surface area contributed by atoms with E-state index in [-0.39, 0.29) is 32.6 Å². The van der Waals surface area contributed by atoms with Crippen LogP contribution in [0, 0.1) is 0 Å². The van der Waals surface area contributed by atoms with Gasteiger partial charge in [-0.05, 0) is 19.1 Å². The van der Waals surface area contributed by atoms with Crippen molar-refractivity contribution < 1.29 is 22.7 Å². The first kappa shape index (κ1) is 16.0. The third-order valence-corrected chi connectivity index (χ3v) is 3.54. The van der Waals surface area contributed by atoms with Gasteiger partial charge in [-0.25, -0.2) is 4.79 Å². The number of ether oxygens (including phenoxy) is 1. The van der Waals surface area contributed by atoms with Gasteiger partial charge in [0.15, 0.2) is 0 Å². The molecule has 0 saturated heterocycles. The fourth-order valence-electron chi connectivity index (χ4n) is 1.80. The molecule has 2 aromatic rings. The summed E-state index contributed by atoms with van der Waals surface area (Å²) in [6.07, 6.45) is -3.59. The van der Waals surface area contributed by atoms with Crippen LogP contribution in [-0.2, 0) is 10.9 Å². The fraction of sp³-hybridized carbons (Fsp3) is 0.231.